The molecule has 0 aliphatic rings. The van der Waals surface area contributed by atoms with E-state index in [-0.39, 0.29) is 18.8 Å². The first kappa shape index (κ1) is 26.9. The van der Waals surface area contributed by atoms with Crippen LogP contribution in [-0.4, -0.2) is 34.5 Å². The minimum atomic E-state index is -0.122. The van der Waals surface area contributed by atoms with Crippen molar-refractivity contribution in [3.05, 3.63) is 100.0 Å². The number of aryl methyl sites for hydroxylation is 1. The van der Waals surface area contributed by atoms with Gasteiger partial charge in [-0.2, -0.15) is 0 Å². The van der Waals surface area contributed by atoms with Crippen LogP contribution in [0.25, 0.3) is 5.52 Å². The number of ether oxygens (including phenoxy) is 1. The Balaban J connectivity index is 0.00000121. The van der Waals surface area contributed by atoms with E-state index in [2.05, 4.69) is 28.6 Å². The number of aromatic nitrogens is 2. The number of carbonyl (C=O) groups is 3. The molecule has 0 saturated heterocycles. The standard InChI is InChI=1S/C29H26N2O3.CH3NO/c1-4-25-26(18-24-13-9-8-12-23(24)15-14-22-10-6-5-7-11-22)31-19-20(2)30-29(34-17-16-32)28(31)27(25)21(3)33;2-1-3/h5-13,16,19H,4,17-18H2,1-3H3;1H,(H2,2,3). The van der Waals surface area contributed by atoms with Crippen molar-refractivity contribution < 1.29 is 19.1 Å². The number of nitrogens with two attached hydrogens (primary N) is 1. The second-order valence-electron chi connectivity index (χ2n) is 8.18. The van der Waals surface area contributed by atoms with Gasteiger partial charge in [0.1, 0.15) is 12.1 Å². The lowest BCUT2D eigenvalue weighted by Gasteiger charge is -2.10. The predicted octanol–water partition coefficient (Wildman–Crippen LogP) is 4.08. The lowest BCUT2D eigenvalue weighted by atomic mass is 9.97. The van der Waals surface area contributed by atoms with Crippen molar-refractivity contribution in [3.8, 4) is 17.7 Å². The molecule has 0 unspecified atom stereocenters. The molecule has 0 spiro atoms. The fraction of sp³-hybridized carbons (Fsp3) is 0.200. The Morgan fingerprint density at radius 1 is 1.08 bits per heavy atom. The molecule has 7 heteroatoms. The van der Waals surface area contributed by atoms with Gasteiger partial charge in [0, 0.05) is 29.4 Å². The number of benzene rings is 2. The normalized spacial score (nSPS) is 10.0. The third-order valence-corrected chi connectivity index (χ3v) is 5.70. The van der Waals surface area contributed by atoms with Gasteiger partial charge in [-0.3, -0.25) is 14.4 Å². The van der Waals surface area contributed by atoms with Gasteiger partial charge in [0.25, 0.3) is 0 Å². The number of nitrogens with zero attached hydrogens (tertiary/aromatic N) is 2. The largest absolute Gasteiger partial charge is 0.468 e. The second-order valence-corrected chi connectivity index (χ2v) is 8.18. The Morgan fingerprint density at radius 3 is 2.41 bits per heavy atom. The molecule has 0 bridgehead atoms. The highest BCUT2D eigenvalue weighted by atomic mass is 16.5. The first-order valence-corrected chi connectivity index (χ1v) is 11.9. The molecule has 0 aliphatic heterocycles. The number of fused-ring (bicyclic) bond motifs is 1. The molecule has 0 atom stereocenters. The maximum Gasteiger partial charge on any atom is 0.239 e. The fourth-order valence-electron chi connectivity index (χ4n) is 4.27. The van der Waals surface area contributed by atoms with Crippen LogP contribution in [0.1, 0.15) is 57.8 Å². The molecule has 0 saturated carbocycles. The molecule has 2 N–H and O–H groups in total. The zero-order chi connectivity index (χ0) is 26.8. The molecule has 188 valence electrons. The fourth-order valence-corrected chi connectivity index (χ4v) is 4.27. The van der Waals surface area contributed by atoms with Crippen LogP contribution in [0.2, 0.25) is 0 Å². The van der Waals surface area contributed by atoms with Gasteiger partial charge in [0.15, 0.2) is 12.1 Å². The maximum absolute atomic E-state index is 12.8. The number of aldehydes is 1. The van der Waals surface area contributed by atoms with E-state index in [1.54, 1.807) is 6.92 Å². The average Bonchev–Trinajstić information content (AvgIpc) is 3.21. The van der Waals surface area contributed by atoms with Crippen LogP contribution < -0.4 is 10.5 Å². The van der Waals surface area contributed by atoms with E-state index in [1.807, 2.05) is 73.0 Å². The summed E-state index contributed by atoms with van der Waals surface area (Å²) < 4.78 is 7.64. The zero-order valence-corrected chi connectivity index (χ0v) is 21.2. The minimum absolute atomic E-state index is 0.0561. The molecule has 0 aliphatic carbocycles. The number of hydrogen-bond acceptors (Lipinski definition) is 5. The van der Waals surface area contributed by atoms with Gasteiger partial charge in [0.2, 0.25) is 12.3 Å². The van der Waals surface area contributed by atoms with Crippen molar-refractivity contribution in [1.29, 1.82) is 0 Å². The number of hydrogen-bond donors (Lipinski definition) is 1. The van der Waals surface area contributed by atoms with E-state index < -0.39 is 0 Å². The van der Waals surface area contributed by atoms with E-state index in [0.717, 1.165) is 33.6 Å². The molecule has 0 fully saturated rings. The summed E-state index contributed by atoms with van der Waals surface area (Å²) >= 11 is 0. The summed E-state index contributed by atoms with van der Waals surface area (Å²) in [5.74, 6) is 6.80. The number of amides is 1. The highest BCUT2D eigenvalue weighted by Gasteiger charge is 2.24. The summed E-state index contributed by atoms with van der Waals surface area (Å²) in [7, 11) is 0. The predicted molar refractivity (Wildman–Crippen MR) is 143 cm³/mol. The van der Waals surface area contributed by atoms with Crippen molar-refractivity contribution in [1.82, 2.24) is 9.38 Å². The summed E-state index contributed by atoms with van der Waals surface area (Å²) in [6, 6.07) is 18.0. The van der Waals surface area contributed by atoms with Gasteiger partial charge in [-0.05, 0) is 49.6 Å². The van der Waals surface area contributed by atoms with Gasteiger partial charge in [-0.1, -0.05) is 55.2 Å². The first-order chi connectivity index (χ1) is 17.9. The Kier molecular flexibility index (Phi) is 9.34. The molecule has 37 heavy (non-hydrogen) atoms. The van der Waals surface area contributed by atoms with Gasteiger partial charge in [-0.25, -0.2) is 4.98 Å². The van der Waals surface area contributed by atoms with E-state index in [9.17, 15) is 9.59 Å². The van der Waals surface area contributed by atoms with Crippen LogP contribution in [0.5, 0.6) is 5.88 Å². The Bertz CT molecular complexity index is 1480. The second kappa shape index (κ2) is 12.8. The van der Waals surface area contributed by atoms with Crippen LogP contribution in [-0.2, 0) is 22.4 Å². The number of Topliss-reactive ketones (excluding diaryl/α,β-unsaturated/α-hetero) is 1. The summed E-state index contributed by atoms with van der Waals surface area (Å²) in [6.45, 7) is 5.34. The molecule has 2 heterocycles. The molecule has 2 aromatic carbocycles. The number of rotatable bonds is 7. The quantitative estimate of drug-likeness (QED) is 0.236. The van der Waals surface area contributed by atoms with E-state index >= 15 is 0 Å². The monoisotopic (exact) mass is 495 g/mol. The highest BCUT2D eigenvalue weighted by Crippen LogP contribution is 2.33. The molecule has 7 nitrogen and oxygen atoms in total. The Hall–Kier alpha value is -4.70. The van der Waals surface area contributed by atoms with Crippen LogP contribution in [0.15, 0.2) is 60.8 Å². The van der Waals surface area contributed by atoms with E-state index in [4.69, 9.17) is 9.53 Å². The Labute approximate surface area is 216 Å². The van der Waals surface area contributed by atoms with Crippen molar-refractivity contribution in [2.45, 2.75) is 33.6 Å². The molecule has 2 aromatic heterocycles. The minimum Gasteiger partial charge on any atom is -0.468 e. The third-order valence-electron chi connectivity index (χ3n) is 5.70. The third kappa shape index (κ3) is 6.30. The lowest BCUT2D eigenvalue weighted by Crippen LogP contribution is -2.06. The van der Waals surface area contributed by atoms with Gasteiger partial charge < -0.3 is 14.9 Å². The van der Waals surface area contributed by atoms with Crippen molar-refractivity contribution >= 4 is 24.0 Å². The van der Waals surface area contributed by atoms with E-state index in [1.165, 1.54) is 0 Å². The molecule has 1 amide bonds. The highest BCUT2D eigenvalue weighted by molar-refractivity contribution is 6.04. The summed E-state index contributed by atoms with van der Waals surface area (Å²) in [5.41, 5.74) is 11.0. The van der Waals surface area contributed by atoms with Crippen molar-refractivity contribution in [2.75, 3.05) is 6.61 Å². The molecule has 4 rings (SSSR count). The van der Waals surface area contributed by atoms with Gasteiger partial charge >= 0.3 is 0 Å². The van der Waals surface area contributed by atoms with Gasteiger partial charge in [0.05, 0.1) is 11.3 Å². The van der Waals surface area contributed by atoms with Crippen LogP contribution in [0, 0.1) is 18.8 Å². The van der Waals surface area contributed by atoms with Crippen molar-refractivity contribution in [3.63, 3.8) is 0 Å². The zero-order valence-electron chi connectivity index (χ0n) is 21.2. The molecule has 4 aromatic rings. The number of carbonyl (C=O) groups excluding carboxylic acids is 3. The summed E-state index contributed by atoms with van der Waals surface area (Å²) in [6.07, 6.45) is 4.12. The van der Waals surface area contributed by atoms with Crippen molar-refractivity contribution in [2.24, 2.45) is 5.73 Å². The molecule has 0 radical (unpaired) electrons. The summed E-state index contributed by atoms with van der Waals surface area (Å²) in [5, 5.41) is 0. The lowest BCUT2D eigenvalue weighted by molar-refractivity contribution is -0.109. The smallest absolute Gasteiger partial charge is 0.239 e. The van der Waals surface area contributed by atoms with Crippen LogP contribution in [0.3, 0.4) is 0 Å². The van der Waals surface area contributed by atoms with Crippen LogP contribution in [0.4, 0.5) is 0 Å². The van der Waals surface area contributed by atoms with Crippen LogP contribution >= 0.6 is 0 Å². The molecular weight excluding hydrogens is 466 g/mol. The Morgan fingerprint density at radius 2 is 1.76 bits per heavy atom. The maximum atomic E-state index is 12.8. The van der Waals surface area contributed by atoms with E-state index in [0.29, 0.717) is 36.1 Å². The number of primary amides is 1. The molecular formula is C30H29N3O4. The SMILES string of the molecule is CCc1c(C(C)=O)c2c(OCC=O)nc(C)cn2c1Cc1ccccc1C#Cc1ccccc1.NC=O. The topological polar surface area (TPSA) is 104 Å². The number of ketones is 1. The summed E-state index contributed by atoms with van der Waals surface area (Å²) in [4.78, 5) is 36.8. The van der Waals surface area contributed by atoms with Gasteiger partial charge in [-0.15, -0.1) is 0 Å². The average molecular weight is 496 g/mol. The first-order valence-electron chi connectivity index (χ1n) is 11.9.